The number of nitrogens with one attached hydrogen (secondary N) is 1. The van der Waals surface area contributed by atoms with Gasteiger partial charge in [-0.25, -0.2) is 0 Å². The SMILES string of the molecule is OC1(O)COc2c(cccc2N2CCNCC2)O1. The molecule has 3 N–H and O–H groups in total. The van der Waals surface area contributed by atoms with Gasteiger partial charge in [0.2, 0.25) is 0 Å². The average molecular weight is 252 g/mol. The molecular weight excluding hydrogens is 236 g/mol. The molecule has 1 saturated heterocycles. The number of anilines is 1. The third kappa shape index (κ3) is 2.10. The van der Waals surface area contributed by atoms with Crippen LogP contribution in [0.2, 0.25) is 0 Å². The molecule has 0 atom stereocenters. The van der Waals surface area contributed by atoms with Crippen LogP contribution in [0.25, 0.3) is 0 Å². The zero-order chi connectivity index (χ0) is 12.6. The van der Waals surface area contributed by atoms with Crippen molar-refractivity contribution in [1.82, 2.24) is 5.32 Å². The van der Waals surface area contributed by atoms with Crippen molar-refractivity contribution in [2.75, 3.05) is 37.7 Å². The number of hydrogen-bond acceptors (Lipinski definition) is 6. The predicted molar refractivity (Wildman–Crippen MR) is 64.8 cm³/mol. The molecule has 3 rings (SSSR count). The molecule has 2 aliphatic heterocycles. The summed E-state index contributed by atoms with van der Waals surface area (Å²) < 4.78 is 10.5. The van der Waals surface area contributed by atoms with E-state index in [9.17, 15) is 10.2 Å². The molecule has 1 aromatic rings. The third-order valence-corrected chi connectivity index (χ3v) is 3.09. The fourth-order valence-corrected chi connectivity index (χ4v) is 2.26. The molecule has 2 aliphatic rings. The average Bonchev–Trinajstić information content (AvgIpc) is 2.37. The first-order valence-electron chi connectivity index (χ1n) is 6.01. The van der Waals surface area contributed by atoms with Gasteiger partial charge in [0.1, 0.15) is 0 Å². The van der Waals surface area contributed by atoms with Gasteiger partial charge in [0.15, 0.2) is 18.1 Å². The van der Waals surface area contributed by atoms with E-state index in [2.05, 4.69) is 10.2 Å². The Morgan fingerprint density at radius 3 is 2.78 bits per heavy atom. The van der Waals surface area contributed by atoms with Crippen LogP contribution in [-0.2, 0) is 0 Å². The quantitative estimate of drug-likeness (QED) is 0.585. The summed E-state index contributed by atoms with van der Waals surface area (Å²) in [5.74, 6) is -1.30. The Morgan fingerprint density at radius 2 is 2.00 bits per heavy atom. The second-order valence-corrected chi connectivity index (χ2v) is 4.48. The van der Waals surface area contributed by atoms with Gasteiger partial charge in [-0.3, -0.25) is 0 Å². The van der Waals surface area contributed by atoms with Gasteiger partial charge >= 0.3 is 5.97 Å². The van der Waals surface area contributed by atoms with Crippen molar-refractivity contribution in [2.45, 2.75) is 5.97 Å². The van der Waals surface area contributed by atoms with Crippen molar-refractivity contribution < 1.29 is 19.7 Å². The summed E-state index contributed by atoms with van der Waals surface area (Å²) in [5, 5.41) is 22.1. The Bertz CT molecular complexity index is 444. The van der Waals surface area contributed by atoms with Crippen molar-refractivity contribution in [3.05, 3.63) is 18.2 Å². The first kappa shape index (κ1) is 11.6. The largest absolute Gasteiger partial charge is 0.478 e. The predicted octanol–water partition coefficient (Wildman–Crippen LogP) is -0.494. The molecule has 0 amide bonds. The zero-order valence-electron chi connectivity index (χ0n) is 9.93. The standard InChI is InChI=1S/C12H16N2O4/c15-12(16)8-17-11-9(2-1-3-10(11)18-12)14-6-4-13-5-7-14/h1-3,13,15-16H,4-8H2. The van der Waals surface area contributed by atoms with Gasteiger partial charge in [-0.05, 0) is 12.1 Å². The van der Waals surface area contributed by atoms with E-state index >= 15 is 0 Å². The summed E-state index contributed by atoms with van der Waals surface area (Å²) in [5.41, 5.74) is 0.935. The summed E-state index contributed by atoms with van der Waals surface area (Å²) in [4.78, 5) is 2.19. The minimum atomic E-state index is -2.24. The van der Waals surface area contributed by atoms with E-state index in [0.29, 0.717) is 11.5 Å². The fraction of sp³-hybridized carbons (Fsp3) is 0.500. The van der Waals surface area contributed by atoms with Crippen LogP contribution < -0.4 is 19.7 Å². The lowest BCUT2D eigenvalue weighted by Gasteiger charge is -2.35. The Labute approximate surface area is 105 Å². The van der Waals surface area contributed by atoms with Crippen LogP contribution in [0.5, 0.6) is 11.5 Å². The molecule has 0 aromatic heterocycles. The van der Waals surface area contributed by atoms with Crippen molar-refractivity contribution >= 4 is 5.69 Å². The number of nitrogens with zero attached hydrogens (tertiary/aromatic N) is 1. The fourth-order valence-electron chi connectivity index (χ4n) is 2.26. The molecule has 0 spiro atoms. The molecule has 98 valence electrons. The lowest BCUT2D eigenvalue weighted by molar-refractivity contribution is -0.313. The van der Waals surface area contributed by atoms with Gasteiger partial charge in [0.25, 0.3) is 0 Å². The number of para-hydroxylation sites is 1. The van der Waals surface area contributed by atoms with Crippen LogP contribution >= 0.6 is 0 Å². The number of rotatable bonds is 1. The minimum Gasteiger partial charge on any atom is -0.478 e. The van der Waals surface area contributed by atoms with E-state index in [1.807, 2.05) is 12.1 Å². The van der Waals surface area contributed by atoms with Gasteiger partial charge in [-0.1, -0.05) is 6.07 Å². The number of piperazine rings is 1. The smallest absolute Gasteiger partial charge is 0.358 e. The Kier molecular flexibility index (Phi) is 2.77. The highest BCUT2D eigenvalue weighted by Gasteiger charge is 2.35. The topological polar surface area (TPSA) is 74.2 Å². The van der Waals surface area contributed by atoms with E-state index in [-0.39, 0.29) is 6.61 Å². The molecule has 2 heterocycles. The number of hydrogen-bond donors (Lipinski definition) is 3. The number of ether oxygens (including phenoxy) is 2. The molecule has 0 aliphatic carbocycles. The van der Waals surface area contributed by atoms with Crippen LogP contribution in [0.3, 0.4) is 0 Å². The van der Waals surface area contributed by atoms with Gasteiger partial charge in [-0.2, -0.15) is 0 Å². The highest BCUT2D eigenvalue weighted by molar-refractivity contribution is 5.65. The van der Waals surface area contributed by atoms with Gasteiger partial charge in [0.05, 0.1) is 5.69 Å². The van der Waals surface area contributed by atoms with E-state index in [0.717, 1.165) is 31.9 Å². The second-order valence-electron chi connectivity index (χ2n) is 4.48. The zero-order valence-corrected chi connectivity index (χ0v) is 9.93. The molecule has 0 saturated carbocycles. The molecule has 1 fully saturated rings. The van der Waals surface area contributed by atoms with E-state index in [4.69, 9.17) is 9.47 Å². The van der Waals surface area contributed by atoms with Gasteiger partial charge < -0.3 is 29.9 Å². The summed E-state index contributed by atoms with van der Waals surface area (Å²) >= 11 is 0. The van der Waals surface area contributed by atoms with Crippen LogP contribution in [0, 0.1) is 0 Å². The summed E-state index contributed by atoms with van der Waals surface area (Å²) in [7, 11) is 0. The monoisotopic (exact) mass is 252 g/mol. The summed E-state index contributed by atoms with van der Waals surface area (Å²) in [6, 6.07) is 5.44. The van der Waals surface area contributed by atoms with Crippen molar-refractivity contribution in [3.63, 3.8) is 0 Å². The normalized spacial score (nSPS) is 21.8. The lowest BCUT2D eigenvalue weighted by Crippen LogP contribution is -2.46. The molecule has 1 aromatic carbocycles. The van der Waals surface area contributed by atoms with E-state index in [1.54, 1.807) is 6.07 Å². The summed E-state index contributed by atoms with van der Waals surface area (Å²) in [6.45, 7) is 3.35. The first-order chi connectivity index (χ1) is 8.66. The Morgan fingerprint density at radius 1 is 1.22 bits per heavy atom. The summed E-state index contributed by atoms with van der Waals surface area (Å²) in [6.07, 6.45) is 0. The highest BCUT2D eigenvalue weighted by Crippen LogP contribution is 2.41. The Balaban J connectivity index is 1.92. The molecule has 0 radical (unpaired) electrons. The molecule has 18 heavy (non-hydrogen) atoms. The molecular formula is C12H16N2O4. The maximum absolute atomic E-state index is 9.41. The number of benzene rings is 1. The molecule has 0 bridgehead atoms. The third-order valence-electron chi connectivity index (χ3n) is 3.09. The van der Waals surface area contributed by atoms with Crippen LogP contribution in [0.15, 0.2) is 18.2 Å². The van der Waals surface area contributed by atoms with Crippen molar-refractivity contribution in [1.29, 1.82) is 0 Å². The first-order valence-corrected chi connectivity index (χ1v) is 6.01. The number of fused-ring (bicyclic) bond motifs is 1. The van der Waals surface area contributed by atoms with Crippen LogP contribution in [0.4, 0.5) is 5.69 Å². The van der Waals surface area contributed by atoms with E-state index in [1.165, 1.54) is 0 Å². The highest BCUT2D eigenvalue weighted by atomic mass is 16.8. The second kappa shape index (κ2) is 4.31. The molecule has 0 unspecified atom stereocenters. The lowest BCUT2D eigenvalue weighted by atomic mass is 10.2. The maximum Gasteiger partial charge on any atom is 0.358 e. The van der Waals surface area contributed by atoms with E-state index < -0.39 is 5.97 Å². The van der Waals surface area contributed by atoms with Gasteiger partial charge in [0, 0.05) is 26.2 Å². The number of aliphatic hydroxyl groups is 2. The van der Waals surface area contributed by atoms with Crippen LogP contribution in [0.1, 0.15) is 0 Å². The van der Waals surface area contributed by atoms with Crippen molar-refractivity contribution in [2.24, 2.45) is 0 Å². The van der Waals surface area contributed by atoms with Crippen molar-refractivity contribution in [3.8, 4) is 11.5 Å². The van der Waals surface area contributed by atoms with Crippen LogP contribution in [-0.4, -0.2) is 49.0 Å². The molecule has 6 nitrogen and oxygen atoms in total. The molecule has 6 heteroatoms. The Hall–Kier alpha value is -1.50. The minimum absolute atomic E-state index is 0.289. The van der Waals surface area contributed by atoms with Gasteiger partial charge in [-0.15, -0.1) is 0 Å². The maximum atomic E-state index is 9.41.